The van der Waals surface area contributed by atoms with Crippen LogP contribution in [-0.2, 0) is 20.2 Å². The van der Waals surface area contributed by atoms with Crippen molar-refractivity contribution in [3.63, 3.8) is 0 Å². The SMILES string of the molecule is CC(C)N(CC(=O)Nc1cc(C(C)(C)C)nn1-c1ccccc1)S(=O)(=O)c1ccc([N+](=O)[O-])cc1. The van der Waals surface area contributed by atoms with Gasteiger partial charge in [0.15, 0.2) is 0 Å². The number of anilines is 1. The van der Waals surface area contributed by atoms with E-state index in [9.17, 15) is 23.3 Å². The molecule has 0 bridgehead atoms. The summed E-state index contributed by atoms with van der Waals surface area (Å²) in [5.74, 6) is -0.121. The van der Waals surface area contributed by atoms with E-state index in [1.807, 2.05) is 51.1 Å². The molecule has 0 aliphatic carbocycles. The van der Waals surface area contributed by atoms with Crippen LogP contribution in [0.4, 0.5) is 11.5 Å². The molecule has 35 heavy (non-hydrogen) atoms. The lowest BCUT2D eigenvalue weighted by Crippen LogP contribution is -2.42. The number of nitro benzene ring substituents is 1. The summed E-state index contributed by atoms with van der Waals surface area (Å²) in [6, 6.07) is 15.1. The summed E-state index contributed by atoms with van der Waals surface area (Å²) in [5.41, 5.74) is 1.01. The Kier molecular flexibility index (Phi) is 7.41. The molecule has 0 saturated heterocycles. The molecule has 3 aromatic rings. The van der Waals surface area contributed by atoms with Gasteiger partial charge in [-0.05, 0) is 38.1 Å². The number of non-ortho nitro benzene ring substituents is 1. The average molecular weight is 500 g/mol. The zero-order valence-corrected chi connectivity index (χ0v) is 21.1. The zero-order chi connectivity index (χ0) is 26.0. The number of hydrogen-bond donors (Lipinski definition) is 1. The number of carbonyl (C=O) groups excluding carboxylic acids is 1. The van der Waals surface area contributed by atoms with Gasteiger partial charge >= 0.3 is 0 Å². The number of sulfonamides is 1. The minimum absolute atomic E-state index is 0.131. The van der Waals surface area contributed by atoms with Crippen molar-refractivity contribution >= 4 is 27.4 Å². The normalized spacial score (nSPS) is 12.2. The van der Waals surface area contributed by atoms with E-state index in [-0.39, 0.29) is 16.0 Å². The Morgan fingerprint density at radius 1 is 1.11 bits per heavy atom. The standard InChI is InChI=1S/C24H29N5O5S/c1-17(2)27(35(33,34)20-13-11-19(12-14-20)29(31)32)16-23(30)25-22-15-21(24(3,4)5)26-28(22)18-9-7-6-8-10-18/h6-15,17H,16H2,1-5H3,(H,25,30). The zero-order valence-electron chi connectivity index (χ0n) is 20.3. The Hall–Kier alpha value is -3.57. The van der Waals surface area contributed by atoms with Gasteiger partial charge in [-0.25, -0.2) is 13.1 Å². The topological polar surface area (TPSA) is 127 Å². The number of benzene rings is 2. The summed E-state index contributed by atoms with van der Waals surface area (Å²) in [6.07, 6.45) is 0. The molecule has 0 aliphatic rings. The van der Waals surface area contributed by atoms with E-state index < -0.39 is 33.4 Å². The number of nitrogens with one attached hydrogen (secondary N) is 1. The molecular formula is C24H29N5O5S. The van der Waals surface area contributed by atoms with Crippen molar-refractivity contribution in [1.82, 2.24) is 14.1 Å². The predicted octanol–water partition coefficient (Wildman–Crippen LogP) is 4.12. The molecule has 1 aromatic heterocycles. The van der Waals surface area contributed by atoms with E-state index in [0.717, 1.165) is 27.8 Å². The molecule has 0 radical (unpaired) electrons. The van der Waals surface area contributed by atoms with Crippen LogP contribution in [0, 0.1) is 10.1 Å². The fourth-order valence-corrected chi connectivity index (χ4v) is 4.94. The van der Waals surface area contributed by atoms with Crippen LogP contribution in [0.1, 0.15) is 40.3 Å². The van der Waals surface area contributed by atoms with E-state index in [2.05, 4.69) is 10.4 Å². The van der Waals surface area contributed by atoms with Crippen LogP contribution in [-0.4, -0.2) is 45.9 Å². The summed E-state index contributed by atoms with van der Waals surface area (Å²) < 4.78 is 29.1. The van der Waals surface area contributed by atoms with Crippen molar-refractivity contribution in [2.24, 2.45) is 0 Å². The highest BCUT2D eigenvalue weighted by molar-refractivity contribution is 7.89. The van der Waals surface area contributed by atoms with Crippen molar-refractivity contribution in [3.05, 3.63) is 76.5 Å². The van der Waals surface area contributed by atoms with Crippen LogP contribution < -0.4 is 5.32 Å². The number of para-hydroxylation sites is 1. The minimum atomic E-state index is -4.08. The van der Waals surface area contributed by atoms with Gasteiger partial charge in [-0.3, -0.25) is 14.9 Å². The second-order valence-electron chi connectivity index (χ2n) is 9.36. The van der Waals surface area contributed by atoms with Gasteiger partial charge in [-0.2, -0.15) is 9.40 Å². The summed E-state index contributed by atoms with van der Waals surface area (Å²) in [7, 11) is -4.08. The maximum atomic E-state index is 13.2. The number of hydrogen-bond acceptors (Lipinski definition) is 6. The maximum Gasteiger partial charge on any atom is 0.269 e. The molecule has 1 amide bonds. The average Bonchev–Trinajstić information content (AvgIpc) is 3.22. The highest BCUT2D eigenvalue weighted by Crippen LogP contribution is 2.27. The summed E-state index contributed by atoms with van der Waals surface area (Å²) in [5, 5.41) is 18.4. The molecule has 0 saturated carbocycles. The van der Waals surface area contributed by atoms with Gasteiger partial charge in [0.05, 0.1) is 27.7 Å². The quantitative estimate of drug-likeness (QED) is 0.367. The number of nitro groups is 1. The first-order valence-electron chi connectivity index (χ1n) is 11.0. The van der Waals surface area contributed by atoms with Crippen LogP contribution in [0.2, 0.25) is 0 Å². The lowest BCUT2D eigenvalue weighted by molar-refractivity contribution is -0.384. The lowest BCUT2D eigenvalue weighted by Gasteiger charge is -2.25. The number of aromatic nitrogens is 2. The highest BCUT2D eigenvalue weighted by atomic mass is 32.2. The first kappa shape index (κ1) is 26.0. The molecule has 11 heteroatoms. The summed E-state index contributed by atoms with van der Waals surface area (Å²) in [6.45, 7) is 8.89. The third-order valence-electron chi connectivity index (χ3n) is 5.28. The van der Waals surface area contributed by atoms with Crippen LogP contribution in [0.3, 0.4) is 0 Å². The minimum Gasteiger partial charge on any atom is -0.309 e. The summed E-state index contributed by atoms with van der Waals surface area (Å²) in [4.78, 5) is 23.2. The fourth-order valence-electron chi connectivity index (χ4n) is 3.35. The molecule has 0 spiro atoms. The van der Waals surface area contributed by atoms with E-state index in [4.69, 9.17) is 0 Å². The largest absolute Gasteiger partial charge is 0.309 e. The van der Waals surface area contributed by atoms with Gasteiger partial charge in [0, 0.05) is 29.7 Å². The Morgan fingerprint density at radius 2 is 1.71 bits per heavy atom. The smallest absolute Gasteiger partial charge is 0.269 e. The molecule has 0 fully saturated rings. The molecule has 1 heterocycles. The van der Waals surface area contributed by atoms with Crippen LogP contribution in [0.5, 0.6) is 0 Å². The first-order chi connectivity index (χ1) is 16.3. The first-order valence-corrected chi connectivity index (χ1v) is 12.5. The van der Waals surface area contributed by atoms with Gasteiger partial charge in [-0.1, -0.05) is 39.0 Å². The monoisotopic (exact) mass is 499 g/mol. The van der Waals surface area contributed by atoms with Crippen molar-refractivity contribution in [2.75, 3.05) is 11.9 Å². The Bertz CT molecular complexity index is 1310. The molecule has 0 unspecified atom stereocenters. The maximum absolute atomic E-state index is 13.2. The fraction of sp³-hybridized carbons (Fsp3) is 0.333. The van der Waals surface area contributed by atoms with Gasteiger partial charge in [-0.15, -0.1) is 0 Å². The number of carbonyl (C=O) groups is 1. The van der Waals surface area contributed by atoms with Crippen molar-refractivity contribution < 1.29 is 18.1 Å². The number of amides is 1. The van der Waals surface area contributed by atoms with Gasteiger partial charge in [0.25, 0.3) is 5.69 Å². The molecule has 0 aliphatic heterocycles. The summed E-state index contributed by atoms with van der Waals surface area (Å²) >= 11 is 0. The molecule has 3 rings (SSSR count). The van der Waals surface area contributed by atoms with Crippen molar-refractivity contribution in [1.29, 1.82) is 0 Å². The Labute approximate surface area is 204 Å². The molecule has 0 atom stereocenters. The molecular weight excluding hydrogens is 470 g/mol. The second-order valence-corrected chi connectivity index (χ2v) is 11.2. The van der Waals surface area contributed by atoms with Crippen LogP contribution in [0.15, 0.2) is 65.6 Å². The van der Waals surface area contributed by atoms with Gasteiger partial charge in [0.1, 0.15) is 5.82 Å². The third-order valence-corrected chi connectivity index (χ3v) is 7.31. The van der Waals surface area contributed by atoms with E-state index in [1.54, 1.807) is 24.6 Å². The van der Waals surface area contributed by atoms with E-state index >= 15 is 0 Å². The second kappa shape index (κ2) is 9.96. The molecule has 1 N–H and O–H groups in total. The lowest BCUT2D eigenvalue weighted by atomic mass is 9.92. The molecule has 10 nitrogen and oxygen atoms in total. The Morgan fingerprint density at radius 3 is 2.23 bits per heavy atom. The number of nitrogens with zero attached hydrogens (tertiary/aromatic N) is 4. The third kappa shape index (κ3) is 5.92. The molecule has 2 aromatic carbocycles. The Balaban J connectivity index is 1.89. The van der Waals surface area contributed by atoms with E-state index in [0.29, 0.717) is 5.82 Å². The van der Waals surface area contributed by atoms with Crippen molar-refractivity contribution in [2.45, 2.75) is 51.0 Å². The van der Waals surface area contributed by atoms with Crippen molar-refractivity contribution in [3.8, 4) is 5.69 Å². The van der Waals surface area contributed by atoms with Gasteiger partial charge < -0.3 is 5.32 Å². The highest BCUT2D eigenvalue weighted by Gasteiger charge is 2.30. The van der Waals surface area contributed by atoms with Crippen LogP contribution in [0.25, 0.3) is 5.69 Å². The predicted molar refractivity (Wildman–Crippen MR) is 133 cm³/mol. The van der Waals surface area contributed by atoms with Crippen LogP contribution >= 0.6 is 0 Å². The molecule has 186 valence electrons. The number of rotatable bonds is 8. The van der Waals surface area contributed by atoms with E-state index in [1.165, 1.54) is 12.1 Å². The van der Waals surface area contributed by atoms with Gasteiger partial charge in [0.2, 0.25) is 15.9 Å².